The van der Waals surface area contributed by atoms with Crippen molar-refractivity contribution >= 4 is 10.0 Å². The fourth-order valence-electron chi connectivity index (χ4n) is 2.82. The lowest BCUT2D eigenvalue weighted by Crippen LogP contribution is -2.45. The predicted molar refractivity (Wildman–Crippen MR) is 87.5 cm³/mol. The molecular weight excluding hydrogens is 284 g/mol. The maximum atomic E-state index is 12.6. The molecule has 0 aliphatic heterocycles. The molecule has 0 spiro atoms. The van der Waals surface area contributed by atoms with Crippen molar-refractivity contribution in [1.82, 2.24) is 4.72 Å². The van der Waals surface area contributed by atoms with E-state index in [0.717, 1.165) is 17.5 Å². The molecule has 0 heterocycles. The van der Waals surface area contributed by atoms with Gasteiger partial charge in [-0.2, -0.15) is 0 Å². The average Bonchev–Trinajstić information content (AvgIpc) is 2.24. The number of benzene rings is 1. The van der Waals surface area contributed by atoms with E-state index in [9.17, 15) is 8.42 Å². The fourth-order valence-corrected chi connectivity index (χ4v) is 4.28. The van der Waals surface area contributed by atoms with Gasteiger partial charge in [-0.05, 0) is 55.9 Å². The maximum Gasteiger partial charge on any atom is 0.241 e. The lowest BCUT2D eigenvalue weighted by molar-refractivity contribution is 0.269. The van der Waals surface area contributed by atoms with Gasteiger partial charge in [-0.3, -0.25) is 0 Å². The van der Waals surface area contributed by atoms with E-state index in [1.165, 1.54) is 0 Å². The largest absolute Gasteiger partial charge is 0.326 e. The van der Waals surface area contributed by atoms with Crippen LogP contribution in [0.3, 0.4) is 0 Å². The zero-order valence-corrected chi connectivity index (χ0v) is 14.8. The normalized spacial score (nSPS) is 13.5. The van der Waals surface area contributed by atoms with E-state index in [0.29, 0.717) is 6.54 Å². The molecule has 120 valence electrons. The van der Waals surface area contributed by atoms with Gasteiger partial charge in [0.05, 0.1) is 4.90 Å². The van der Waals surface area contributed by atoms with Crippen LogP contribution in [0.25, 0.3) is 0 Å². The second-order valence-corrected chi connectivity index (χ2v) is 9.20. The van der Waals surface area contributed by atoms with Gasteiger partial charge >= 0.3 is 0 Å². The molecule has 0 unspecified atom stereocenters. The Labute approximate surface area is 129 Å². The quantitative estimate of drug-likeness (QED) is 0.878. The molecular formula is C16H28N2O2S. The Kier molecular flexibility index (Phi) is 5.24. The van der Waals surface area contributed by atoms with Crippen LogP contribution >= 0.6 is 0 Å². The zero-order chi connectivity index (χ0) is 16.5. The molecule has 4 nitrogen and oxygen atoms in total. The van der Waals surface area contributed by atoms with E-state index >= 15 is 0 Å². The molecule has 0 saturated heterocycles. The van der Waals surface area contributed by atoms with Crippen molar-refractivity contribution in [3.63, 3.8) is 0 Å². The van der Waals surface area contributed by atoms with E-state index in [2.05, 4.69) is 25.5 Å². The summed E-state index contributed by atoms with van der Waals surface area (Å²) in [5, 5.41) is 0. The Morgan fingerprint density at radius 2 is 1.71 bits per heavy atom. The minimum atomic E-state index is -3.55. The van der Waals surface area contributed by atoms with Crippen molar-refractivity contribution in [2.24, 2.45) is 11.1 Å². The van der Waals surface area contributed by atoms with Crippen molar-refractivity contribution in [2.75, 3.05) is 0 Å². The molecule has 1 aromatic carbocycles. The van der Waals surface area contributed by atoms with Crippen molar-refractivity contribution in [3.8, 4) is 0 Å². The third kappa shape index (κ3) is 5.41. The fraction of sp³-hybridized carbons (Fsp3) is 0.625. The lowest BCUT2D eigenvalue weighted by atomic mass is 9.82. The average molecular weight is 312 g/mol. The summed E-state index contributed by atoms with van der Waals surface area (Å²) in [6, 6.07) is 5.09. The molecule has 1 rings (SSSR count). The Bertz CT molecular complexity index is 599. The summed E-state index contributed by atoms with van der Waals surface area (Å²) < 4.78 is 27.9. The highest BCUT2D eigenvalue weighted by Crippen LogP contribution is 2.28. The van der Waals surface area contributed by atoms with Crippen LogP contribution in [0.2, 0.25) is 0 Å². The number of hydrogen-bond acceptors (Lipinski definition) is 3. The smallest absolute Gasteiger partial charge is 0.241 e. The van der Waals surface area contributed by atoms with Gasteiger partial charge in [0.2, 0.25) is 10.0 Å². The van der Waals surface area contributed by atoms with Crippen LogP contribution < -0.4 is 10.5 Å². The van der Waals surface area contributed by atoms with Gasteiger partial charge in [0.25, 0.3) is 0 Å². The molecule has 1 aromatic rings. The van der Waals surface area contributed by atoms with Gasteiger partial charge in [-0.1, -0.05) is 26.8 Å². The minimum Gasteiger partial charge on any atom is -0.326 e. The molecule has 0 fully saturated rings. The van der Waals surface area contributed by atoms with Crippen LogP contribution in [0.15, 0.2) is 23.1 Å². The summed E-state index contributed by atoms with van der Waals surface area (Å²) >= 11 is 0. The van der Waals surface area contributed by atoms with E-state index < -0.39 is 15.6 Å². The van der Waals surface area contributed by atoms with Crippen molar-refractivity contribution < 1.29 is 8.42 Å². The molecule has 0 aliphatic rings. The highest BCUT2D eigenvalue weighted by Gasteiger charge is 2.30. The minimum absolute atomic E-state index is 0.0434. The third-order valence-electron chi connectivity index (χ3n) is 3.23. The third-order valence-corrected chi connectivity index (χ3v) is 4.93. The SMILES string of the molecule is Cc1ccc(S(=O)(=O)NC(C)(C)CC(C)(C)C)cc1CN. The molecule has 0 radical (unpaired) electrons. The monoisotopic (exact) mass is 312 g/mol. The summed E-state index contributed by atoms with van der Waals surface area (Å²) in [7, 11) is -3.55. The molecule has 3 N–H and O–H groups in total. The molecule has 0 amide bonds. The van der Waals surface area contributed by atoms with E-state index in [1.54, 1.807) is 18.2 Å². The van der Waals surface area contributed by atoms with Crippen LogP contribution in [0.4, 0.5) is 0 Å². The highest BCUT2D eigenvalue weighted by atomic mass is 32.2. The van der Waals surface area contributed by atoms with Crippen LogP contribution in [0, 0.1) is 12.3 Å². The maximum absolute atomic E-state index is 12.6. The molecule has 0 saturated carbocycles. The van der Waals surface area contributed by atoms with Gasteiger partial charge in [0, 0.05) is 12.1 Å². The Morgan fingerprint density at radius 3 is 2.19 bits per heavy atom. The lowest BCUT2D eigenvalue weighted by Gasteiger charge is -2.33. The number of nitrogens with two attached hydrogens (primary N) is 1. The second kappa shape index (κ2) is 6.07. The van der Waals surface area contributed by atoms with Crippen LogP contribution in [-0.4, -0.2) is 14.0 Å². The van der Waals surface area contributed by atoms with Crippen molar-refractivity contribution in [1.29, 1.82) is 0 Å². The second-order valence-electron chi connectivity index (χ2n) is 7.52. The van der Waals surface area contributed by atoms with E-state index in [-0.39, 0.29) is 10.3 Å². The van der Waals surface area contributed by atoms with Crippen molar-refractivity contribution in [2.45, 2.75) is 64.9 Å². The van der Waals surface area contributed by atoms with Gasteiger partial charge in [0.15, 0.2) is 0 Å². The first-order chi connectivity index (χ1) is 9.36. The van der Waals surface area contributed by atoms with Gasteiger partial charge < -0.3 is 5.73 Å². The van der Waals surface area contributed by atoms with Gasteiger partial charge in [-0.25, -0.2) is 13.1 Å². The van der Waals surface area contributed by atoms with Gasteiger partial charge in [0.1, 0.15) is 0 Å². The standard InChI is InChI=1S/C16H28N2O2S/c1-12-7-8-14(9-13(12)10-17)21(19,20)18-16(5,6)11-15(2,3)4/h7-9,18H,10-11,17H2,1-6H3. The number of hydrogen-bond donors (Lipinski definition) is 2. The molecule has 21 heavy (non-hydrogen) atoms. The molecule has 0 bridgehead atoms. The summed E-state index contributed by atoms with van der Waals surface area (Å²) in [5.74, 6) is 0. The first-order valence-electron chi connectivity index (χ1n) is 7.20. The Morgan fingerprint density at radius 1 is 1.14 bits per heavy atom. The topological polar surface area (TPSA) is 72.2 Å². The van der Waals surface area contributed by atoms with Gasteiger partial charge in [-0.15, -0.1) is 0 Å². The summed E-state index contributed by atoms with van der Waals surface area (Å²) in [6.07, 6.45) is 0.745. The number of sulfonamides is 1. The first-order valence-corrected chi connectivity index (χ1v) is 8.68. The summed E-state index contributed by atoms with van der Waals surface area (Å²) in [5.41, 5.74) is 7.05. The zero-order valence-electron chi connectivity index (χ0n) is 13.9. The first kappa shape index (κ1) is 18.1. The van der Waals surface area contributed by atoms with Crippen LogP contribution in [0.1, 0.15) is 52.2 Å². The Balaban J connectivity index is 3.07. The van der Waals surface area contributed by atoms with Crippen LogP contribution in [-0.2, 0) is 16.6 Å². The molecule has 0 aromatic heterocycles. The molecule has 5 heteroatoms. The van der Waals surface area contributed by atoms with E-state index in [1.807, 2.05) is 20.8 Å². The summed E-state index contributed by atoms with van der Waals surface area (Å²) in [4.78, 5) is 0.274. The van der Waals surface area contributed by atoms with Crippen molar-refractivity contribution in [3.05, 3.63) is 29.3 Å². The highest BCUT2D eigenvalue weighted by molar-refractivity contribution is 7.89. The Hall–Kier alpha value is -0.910. The number of aryl methyl sites for hydroxylation is 1. The predicted octanol–water partition coefficient (Wildman–Crippen LogP) is 2.95. The van der Waals surface area contributed by atoms with E-state index in [4.69, 9.17) is 5.73 Å². The van der Waals surface area contributed by atoms with Crippen LogP contribution in [0.5, 0.6) is 0 Å². The molecule has 0 aliphatic carbocycles. The summed E-state index contributed by atoms with van der Waals surface area (Å²) in [6.45, 7) is 12.4. The molecule has 0 atom stereocenters. The number of rotatable bonds is 5. The number of nitrogens with one attached hydrogen (secondary N) is 1.